The van der Waals surface area contributed by atoms with Crippen molar-refractivity contribution in [3.05, 3.63) is 64.7 Å². The SMILES string of the molecule is O=C(N/N=C\c1ccc(C(=O)O)cc1)C(=O)Nc1ccc(Cl)cc1. The Hall–Kier alpha value is -3.19. The molecule has 0 fully saturated rings. The maximum absolute atomic E-state index is 11.7. The number of carboxylic acids is 1. The zero-order valence-corrected chi connectivity index (χ0v) is 12.9. The second-order valence-corrected chi connectivity index (χ2v) is 5.02. The molecule has 0 aliphatic rings. The number of carboxylic acid groups (broad SMARTS) is 1. The summed E-state index contributed by atoms with van der Waals surface area (Å²) in [5.74, 6) is -2.86. The Bertz CT molecular complexity index is 786. The fourth-order valence-corrected chi connectivity index (χ4v) is 1.78. The number of nitrogens with zero attached hydrogens (tertiary/aromatic N) is 1. The van der Waals surface area contributed by atoms with E-state index in [1.54, 1.807) is 24.3 Å². The third kappa shape index (κ3) is 4.92. The van der Waals surface area contributed by atoms with Gasteiger partial charge < -0.3 is 10.4 Å². The van der Waals surface area contributed by atoms with E-state index in [1.165, 1.54) is 30.5 Å². The van der Waals surface area contributed by atoms with Crippen LogP contribution >= 0.6 is 11.6 Å². The molecule has 0 unspecified atom stereocenters. The lowest BCUT2D eigenvalue weighted by molar-refractivity contribution is -0.136. The van der Waals surface area contributed by atoms with Crippen molar-refractivity contribution in [1.29, 1.82) is 0 Å². The standard InChI is InChI=1S/C16H12ClN3O4/c17-12-5-7-13(8-6-12)19-14(21)15(22)20-18-9-10-1-3-11(4-2-10)16(23)24/h1-9H,(H,19,21)(H,20,22)(H,23,24)/b18-9-. The van der Waals surface area contributed by atoms with E-state index in [2.05, 4.69) is 15.8 Å². The zero-order chi connectivity index (χ0) is 17.5. The van der Waals surface area contributed by atoms with Gasteiger partial charge in [-0.3, -0.25) is 9.59 Å². The summed E-state index contributed by atoms with van der Waals surface area (Å²) in [6.45, 7) is 0. The molecular weight excluding hydrogens is 334 g/mol. The molecule has 0 radical (unpaired) electrons. The first kappa shape index (κ1) is 17.2. The molecule has 24 heavy (non-hydrogen) atoms. The Kier molecular flexibility index (Phi) is 5.64. The van der Waals surface area contributed by atoms with Crippen molar-refractivity contribution in [3.63, 3.8) is 0 Å². The summed E-state index contributed by atoms with van der Waals surface area (Å²) in [5, 5.41) is 15.3. The molecule has 8 heteroatoms. The maximum atomic E-state index is 11.7. The molecular formula is C16H12ClN3O4. The summed E-state index contributed by atoms with van der Waals surface area (Å²) in [7, 11) is 0. The van der Waals surface area contributed by atoms with Crippen LogP contribution in [-0.2, 0) is 9.59 Å². The molecule has 7 nitrogen and oxygen atoms in total. The van der Waals surface area contributed by atoms with Gasteiger partial charge in [0.05, 0.1) is 11.8 Å². The molecule has 0 heterocycles. The van der Waals surface area contributed by atoms with E-state index >= 15 is 0 Å². The number of hydrogen-bond donors (Lipinski definition) is 3. The van der Waals surface area contributed by atoms with Crippen LogP contribution < -0.4 is 10.7 Å². The van der Waals surface area contributed by atoms with E-state index in [1.807, 2.05) is 0 Å². The number of carbonyl (C=O) groups excluding carboxylic acids is 2. The van der Waals surface area contributed by atoms with Gasteiger partial charge in [-0.25, -0.2) is 10.2 Å². The molecule has 0 bridgehead atoms. The molecule has 0 saturated carbocycles. The average Bonchev–Trinajstić information content (AvgIpc) is 2.57. The highest BCUT2D eigenvalue weighted by molar-refractivity contribution is 6.39. The summed E-state index contributed by atoms with van der Waals surface area (Å²) in [6, 6.07) is 12.1. The minimum atomic E-state index is -1.04. The lowest BCUT2D eigenvalue weighted by Gasteiger charge is -2.03. The first-order valence-corrected chi connectivity index (χ1v) is 7.07. The highest BCUT2D eigenvalue weighted by Crippen LogP contribution is 2.13. The van der Waals surface area contributed by atoms with Gasteiger partial charge in [-0.05, 0) is 42.0 Å². The smallest absolute Gasteiger partial charge is 0.335 e. The Labute approximate surface area is 141 Å². The van der Waals surface area contributed by atoms with Crippen LogP contribution in [0.5, 0.6) is 0 Å². The van der Waals surface area contributed by atoms with Crippen LogP contribution in [-0.4, -0.2) is 29.1 Å². The van der Waals surface area contributed by atoms with Crippen LogP contribution in [0.2, 0.25) is 5.02 Å². The Morgan fingerprint density at radius 3 is 2.17 bits per heavy atom. The van der Waals surface area contributed by atoms with Crippen molar-refractivity contribution in [1.82, 2.24) is 5.43 Å². The molecule has 2 aromatic carbocycles. The molecule has 2 rings (SSSR count). The fraction of sp³-hybridized carbons (Fsp3) is 0. The minimum absolute atomic E-state index is 0.138. The molecule has 0 aromatic heterocycles. The summed E-state index contributed by atoms with van der Waals surface area (Å²) >= 11 is 5.72. The number of benzene rings is 2. The Morgan fingerprint density at radius 1 is 0.958 bits per heavy atom. The third-order valence-electron chi connectivity index (χ3n) is 2.85. The number of hydrogen-bond acceptors (Lipinski definition) is 4. The number of rotatable bonds is 4. The van der Waals surface area contributed by atoms with Crippen molar-refractivity contribution in [2.24, 2.45) is 5.10 Å². The highest BCUT2D eigenvalue weighted by atomic mass is 35.5. The van der Waals surface area contributed by atoms with E-state index in [0.717, 1.165) is 0 Å². The van der Waals surface area contributed by atoms with E-state index in [4.69, 9.17) is 16.7 Å². The van der Waals surface area contributed by atoms with E-state index < -0.39 is 17.8 Å². The van der Waals surface area contributed by atoms with Crippen LogP contribution in [0.25, 0.3) is 0 Å². The molecule has 2 aromatic rings. The predicted octanol–water partition coefficient (Wildman–Crippen LogP) is 2.13. The minimum Gasteiger partial charge on any atom is -0.478 e. The third-order valence-corrected chi connectivity index (χ3v) is 3.10. The molecule has 122 valence electrons. The first-order valence-electron chi connectivity index (χ1n) is 6.69. The van der Waals surface area contributed by atoms with Gasteiger partial charge in [0.15, 0.2) is 0 Å². The largest absolute Gasteiger partial charge is 0.478 e. The monoisotopic (exact) mass is 345 g/mol. The summed E-state index contributed by atoms with van der Waals surface area (Å²) in [5.41, 5.74) is 3.21. The average molecular weight is 346 g/mol. The van der Waals surface area contributed by atoms with E-state index in [9.17, 15) is 14.4 Å². The van der Waals surface area contributed by atoms with Gasteiger partial charge in [-0.2, -0.15) is 5.10 Å². The number of amides is 2. The van der Waals surface area contributed by atoms with Gasteiger partial charge in [0.1, 0.15) is 0 Å². The summed E-state index contributed by atoms with van der Waals surface area (Å²) < 4.78 is 0. The van der Waals surface area contributed by atoms with Crippen molar-refractivity contribution < 1.29 is 19.5 Å². The number of halogens is 1. The number of nitrogens with one attached hydrogen (secondary N) is 2. The van der Waals surface area contributed by atoms with Crippen LogP contribution in [0.15, 0.2) is 53.6 Å². The van der Waals surface area contributed by atoms with Gasteiger partial charge in [0.2, 0.25) is 0 Å². The van der Waals surface area contributed by atoms with Crippen molar-refractivity contribution in [2.75, 3.05) is 5.32 Å². The van der Waals surface area contributed by atoms with Crippen LogP contribution in [0.1, 0.15) is 15.9 Å². The summed E-state index contributed by atoms with van der Waals surface area (Å²) in [4.78, 5) is 34.0. The van der Waals surface area contributed by atoms with Crippen LogP contribution in [0.3, 0.4) is 0 Å². The number of anilines is 1. The molecule has 2 amide bonds. The Balaban J connectivity index is 1.88. The number of carbonyl (C=O) groups is 3. The topological polar surface area (TPSA) is 108 Å². The molecule has 0 atom stereocenters. The van der Waals surface area contributed by atoms with Crippen molar-refractivity contribution in [3.8, 4) is 0 Å². The molecule has 0 spiro atoms. The lowest BCUT2D eigenvalue weighted by atomic mass is 10.1. The quantitative estimate of drug-likeness (QED) is 0.448. The molecule has 0 saturated heterocycles. The van der Waals surface area contributed by atoms with Gasteiger partial charge in [0, 0.05) is 10.7 Å². The fourth-order valence-electron chi connectivity index (χ4n) is 1.65. The number of hydrazone groups is 1. The second kappa shape index (κ2) is 7.89. The van der Waals surface area contributed by atoms with E-state index in [-0.39, 0.29) is 5.56 Å². The normalized spacial score (nSPS) is 10.4. The highest BCUT2D eigenvalue weighted by Gasteiger charge is 2.12. The van der Waals surface area contributed by atoms with Crippen molar-refractivity contribution >= 4 is 41.3 Å². The van der Waals surface area contributed by atoms with Gasteiger partial charge in [0.25, 0.3) is 0 Å². The van der Waals surface area contributed by atoms with Gasteiger partial charge in [-0.1, -0.05) is 23.7 Å². The van der Waals surface area contributed by atoms with Crippen LogP contribution in [0.4, 0.5) is 5.69 Å². The van der Waals surface area contributed by atoms with Gasteiger partial charge in [-0.15, -0.1) is 0 Å². The molecule has 0 aliphatic heterocycles. The predicted molar refractivity (Wildman–Crippen MR) is 89.2 cm³/mol. The first-order chi connectivity index (χ1) is 11.5. The van der Waals surface area contributed by atoms with Crippen LogP contribution in [0, 0.1) is 0 Å². The lowest BCUT2D eigenvalue weighted by Crippen LogP contribution is -2.32. The molecule has 0 aliphatic carbocycles. The second-order valence-electron chi connectivity index (χ2n) is 4.59. The maximum Gasteiger partial charge on any atom is 0.335 e. The van der Waals surface area contributed by atoms with E-state index in [0.29, 0.717) is 16.3 Å². The number of aromatic carboxylic acids is 1. The van der Waals surface area contributed by atoms with Crippen molar-refractivity contribution in [2.45, 2.75) is 0 Å². The Morgan fingerprint density at radius 2 is 1.58 bits per heavy atom. The zero-order valence-electron chi connectivity index (χ0n) is 12.2. The molecule has 3 N–H and O–H groups in total. The van der Waals surface area contributed by atoms with Gasteiger partial charge >= 0.3 is 17.8 Å². The summed E-state index contributed by atoms with van der Waals surface area (Å²) in [6.07, 6.45) is 1.29.